The molecular weight excluding hydrogens is 206 g/mol. The lowest BCUT2D eigenvalue weighted by atomic mass is 10.3. The lowest BCUT2D eigenvalue weighted by Gasteiger charge is -2.09. The minimum atomic E-state index is -0.263. The van der Waals surface area contributed by atoms with Gasteiger partial charge in [-0.3, -0.25) is 0 Å². The third-order valence-corrected chi connectivity index (χ3v) is 2.31. The van der Waals surface area contributed by atoms with Crippen molar-refractivity contribution in [3.8, 4) is 0 Å². The van der Waals surface area contributed by atoms with E-state index in [9.17, 15) is 4.79 Å². The number of aromatic nitrogens is 1. The largest absolute Gasteiger partial charge is 0.461 e. The highest BCUT2D eigenvalue weighted by Gasteiger charge is 2.15. The zero-order chi connectivity index (χ0) is 12.0. The van der Waals surface area contributed by atoms with Crippen molar-refractivity contribution < 1.29 is 14.3 Å². The second-order valence-corrected chi connectivity index (χ2v) is 3.46. The van der Waals surface area contributed by atoms with Gasteiger partial charge in [-0.25, -0.2) is 4.79 Å². The zero-order valence-electron chi connectivity index (χ0n) is 10.2. The maximum absolute atomic E-state index is 11.7. The molecule has 0 unspecified atom stereocenters. The Bertz CT molecular complexity index is 344. The highest BCUT2D eigenvalue weighted by Crippen LogP contribution is 2.11. The van der Waals surface area contributed by atoms with Crippen molar-refractivity contribution >= 4 is 5.97 Å². The molecule has 0 aromatic carbocycles. The number of ether oxygens (including phenoxy) is 2. The van der Waals surface area contributed by atoms with E-state index in [2.05, 4.69) is 0 Å². The first-order chi connectivity index (χ1) is 7.70. The van der Waals surface area contributed by atoms with Crippen LogP contribution in [0.5, 0.6) is 0 Å². The third-order valence-electron chi connectivity index (χ3n) is 2.31. The van der Waals surface area contributed by atoms with E-state index in [1.54, 1.807) is 6.92 Å². The number of nitrogens with zero attached hydrogens (tertiary/aromatic N) is 1. The summed E-state index contributed by atoms with van der Waals surface area (Å²) >= 11 is 0. The van der Waals surface area contributed by atoms with Gasteiger partial charge in [-0.05, 0) is 32.4 Å². The summed E-state index contributed by atoms with van der Waals surface area (Å²) in [6.07, 6.45) is 1.89. The van der Waals surface area contributed by atoms with E-state index in [0.717, 1.165) is 5.56 Å². The molecular formula is C12H19NO3. The average Bonchev–Trinajstić information content (AvgIpc) is 2.61. The summed E-state index contributed by atoms with van der Waals surface area (Å²) in [7, 11) is 0. The summed E-state index contributed by atoms with van der Waals surface area (Å²) in [4.78, 5) is 11.7. The number of carbonyl (C=O) groups is 1. The molecule has 0 saturated heterocycles. The number of esters is 1. The molecule has 16 heavy (non-hydrogen) atoms. The second kappa shape index (κ2) is 6.33. The minimum Gasteiger partial charge on any atom is -0.461 e. The fraction of sp³-hybridized carbons (Fsp3) is 0.583. The number of aryl methyl sites for hydroxylation is 1. The van der Waals surface area contributed by atoms with Gasteiger partial charge >= 0.3 is 5.97 Å². The molecule has 0 spiro atoms. The predicted octanol–water partition coefficient (Wildman–Crippen LogP) is 2.01. The molecule has 0 bridgehead atoms. The van der Waals surface area contributed by atoms with Gasteiger partial charge in [0.25, 0.3) is 0 Å². The zero-order valence-corrected chi connectivity index (χ0v) is 10.2. The number of hydrogen-bond acceptors (Lipinski definition) is 3. The normalized spacial score (nSPS) is 10.4. The van der Waals surface area contributed by atoms with Crippen LogP contribution in [0.3, 0.4) is 0 Å². The molecule has 1 rings (SSSR count). The smallest absolute Gasteiger partial charge is 0.355 e. The summed E-state index contributed by atoms with van der Waals surface area (Å²) in [5, 5.41) is 0. The monoisotopic (exact) mass is 225 g/mol. The topological polar surface area (TPSA) is 40.5 Å². The summed E-state index contributed by atoms with van der Waals surface area (Å²) in [6.45, 7) is 8.04. The van der Waals surface area contributed by atoms with Crippen LogP contribution >= 0.6 is 0 Å². The fourth-order valence-electron chi connectivity index (χ4n) is 1.55. The Hall–Kier alpha value is -1.29. The Kier molecular flexibility index (Phi) is 5.05. The molecule has 1 aromatic rings. The molecule has 0 aliphatic carbocycles. The van der Waals surface area contributed by atoms with E-state index in [-0.39, 0.29) is 5.97 Å². The van der Waals surface area contributed by atoms with Crippen LogP contribution in [-0.2, 0) is 16.0 Å². The van der Waals surface area contributed by atoms with Crippen LogP contribution in [0.4, 0.5) is 0 Å². The molecule has 0 saturated carbocycles. The second-order valence-electron chi connectivity index (χ2n) is 3.46. The standard InChI is InChI=1S/C12H19NO3/c1-4-15-9-8-13-7-6-10(3)11(13)12(14)16-5-2/h6-7H,4-5,8-9H2,1-3H3. The molecule has 4 heteroatoms. The summed E-state index contributed by atoms with van der Waals surface area (Å²) in [6, 6.07) is 1.91. The van der Waals surface area contributed by atoms with Crippen LogP contribution in [0.15, 0.2) is 12.3 Å². The van der Waals surface area contributed by atoms with Gasteiger partial charge in [-0.15, -0.1) is 0 Å². The van der Waals surface area contributed by atoms with Gasteiger partial charge < -0.3 is 14.0 Å². The first-order valence-corrected chi connectivity index (χ1v) is 5.61. The fourth-order valence-corrected chi connectivity index (χ4v) is 1.55. The highest BCUT2D eigenvalue weighted by atomic mass is 16.5. The molecule has 90 valence electrons. The molecule has 0 aliphatic heterocycles. The average molecular weight is 225 g/mol. The van der Waals surface area contributed by atoms with E-state index in [4.69, 9.17) is 9.47 Å². The van der Waals surface area contributed by atoms with E-state index in [1.165, 1.54) is 0 Å². The molecule has 0 N–H and O–H groups in total. The van der Waals surface area contributed by atoms with Crippen LogP contribution in [0, 0.1) is 6.92 Å². The van der Waals surface area contributed by atoms with Crippen molar-refractivity contribution in [2.75, 3.05) is 19.8 Å². The van der Waals surface area contributed by atoms with Crippen molar-refractivity contribution in [3.05, 3.63) is 23.5 Å². The molecule has 0 atom stereocenters. The Morgan fingerprint density at radius 3 is 2.75 bits per heavy atom. The van der Waals surface area contributed by atoms with Crippen LogP contribution in [0.2, 0.25) is 0 Å². The number of rotatable bonds is 6. The van der Waals surface area contributed by atoms with Gasteiger partial charge in [0.1, 0.15) is 5.69 Å². The highest BCUT2D eigenvalue weighted by molar-refractivity contribution is 5.89. The molecule has 0 amide bonds. The predicted molar refractivity (Wildman–Crippen MR) is 61.6 cm³/mol. The van der Waals surface area contributed by atoms with Crippen molar-refractivity contribution in [1.29, 1.82) is 0 Å². The first kappa shape index (κ1) is 12.8. The van der Waals surface area contributed by atoms with Gasteiger partial charge in [0.2, 0.25) is 0 Å². The quantitative estimate of drug-likeness (QED) is 0.549. The Morgan fingerprint density at radius 1 is 1.38 bits per heavy atom. The van der Waals surface area contributed by atoms with Crippen molar-refractivity contribution in [2.45, 2.75) is 27.3 Å². The molecule has 1 aromatic heterocycles. The van der Waals surface area contributed by atoms with Gasteiger partial charge in [-0.2, -0.15) is 0 Å². The molecule has 0 aliphatic rings. The van der Waals surface area contributed by atoms with Crippen molar-refractivity contribution in [1.82, 2.24) is 4.57 Å². The number of carbonyl (C=O) groups excluding carboxylic acids is 1. The molecule has 0 radical (unpaired) electrons. The molecule has 0 fully saturated rings. The van der Waals surface area contributed by atoms with Crippen molar-refractivity contribution in [3.63, 3.8) is 0 Å². The maximum atomic E-state index is 11.7. The van der Waals surface area contributed by atoms with Crippen LogP contribution < -0.4 is 0 Å². The number of hydrogen-bond donors (Lipinski definition) is 0. The van der Waals surface area contributed by atoms with E-state index < -0.39 is 0 Å². The van der Waals surface area contributed by atoms with E-state index in [1.807, 2.05) is 30.7 Å². The maximum Gasteiger partial charge on any atom is 0.355 e. The summed E-state index contributed by atoms with van der Waals surface area (Å²) in [5.74, 6) is -0.263. The van der Waals surface area contributed by atoms with E-state index >= 15 is 0 Å². The Balaban J connectivity index is 2.73. The Labute approximate surface area is 96.2 Å². The lowest BCUT2D eigenvalue weighted by Crippen LogP contribution is -2.15. The van der Waals surface area contributed by atoms with E-state index in [0.29, 0.717) is 32.1 Å². The van der Waals surface area contributed by atoms with Gasteiger partial charge in [-0.1, -0.05) is 0 Å². The van der Waals surface area contributed by atoms with Gasteiger partial charge in [0.15, 0.2) is 0 Å². The first-order valence-electron chi connectivity index (χ1n) is 5.61. The van der Waals surface area contributed by atoms with Gasteiger partial charge in [0, 0.05) is 19.3 Å². The summed E-state index contributed by atoms with van der Waals surface area (Å²) < 4.78 is 12.2. The third kappa shape index (κ3) is 3.10. The molecule has 4 nitrogen and oxygen atoms in total. The van der Waals surface area contributed by atoms with Gasteiger partial charge in [0.05, 0.1) is 13.2 Å². The lowest BCUT2D eigenvalue weighted by molar-refractivity contribution is 0.0509. The SMILES string of the molecule is CCOCCn1ccc(C)c1C(=O)OCC. The minimum absolute atomic E-state index is 0.263. The van der Waals surface area contributed by atoms with Crippen molar-refractivity contribution in [2.24, 2.45) is 0 Å². The molecule has 1 heterocycles. The van der Waals surface area contributed by atoms with Crippen LogP contribution in [0.25, 0.3) is 0 Å². The Morgan fingerprint density at radius 2 is 2.12 bits per heavy atom. The van der Waals surface area contributed by atoms with Crippen LogP contribution in [0.1, 0.15) is 29.9 Å². The van der Waals surface area contributed by atoms with Crippen LogP contribution in [-0.4, -0.2) is 30.4 Å². The summed E-state index contributed by atoms with van der Waals surface area (Å²) in [5.41, 5.74) is 1.57.